The summed E-state index contributed by atoms with van der Waals surface area (Å²) in [7, 11) is 1.84. The minimum Gasteiger partial charge on any atom is -0.483 e. The molecule has 13 heteroatoms. The van der Waals surface area contributed by atoms with Crippen LogP contribution in [0, 0.1) is 17.1 Å². The lowest BCUT2D eigenvalue weighted by molar-refractivity contribution is 0.0367. The summed E-state index contributed by atoms with van der Waals surface area (Å²) < 4.78 is 32.1. The molecule has 0 unspecified atom stereocenters. The van der Waals surface area contributed by atoms with Crippen molar-refractivity contribution < 1.29 is 28.5 Å². The second kappa shape index (κ2) is 13.3. The summed E-state index contributed by atoms with van der Waals surface area (Å²) >= 11 is 0. The molecule has 1 N–H and O–H groups in total. The van der Waals surface area contributed by atoms with Gasteiger partial charge in [0.05, 0.1) is 18.2 Å². The quantitative estimate of drug-likeness (QED) is 0.329. The number of carboxylic acid groups (broad SMARTS) is 1. The molecule has 2 aliphatic rings. The molecule has 0 radical (unpaired) electrons. The first-order chi connectivity index (χ1) is 20.4. The largest absolute Gasteiger partial charge is 0.483 e. The maximum atomic E-state index is 14.0. The van der Waals surface area contributed by atoms with Gasteiger partial charge >= 0.3 is 5.97 Å². The van der Waals surface area contributed by atoms with E-state index < -0.39 is 11.8 Å². The van der Waals surface area contributed by atoms with Crippen molar-refractivity contribution >= 4 is 17.1 Å². The number of carbonyl (C=O) groups is 1. The topological polar surface area (TPSA) is 149 Å². The predicted octanol–water partition coefficient (Wildman–Crippen LogP) is 3.50. The second-order valence-corrected chi connectivity index (χ2v) is 9.85. The number of halogens is 1. The molecule has 0 spiro atoms. The first-order valence-corrected chi connectivity index (χ1v) is 13.6. The normalized spacial score (nSPS) is 15.3. The van der Waals surface area contributed by atoms with E-state index in [-0.39, 0.29) is 29.7 Å². The van der Waals surface area contributed by atoms with Crippen LogP contribution in [0.15, 0.2) is 42.6 Å². The van der Waals surface area contributed by atoms with Crippen molar-refractivity contribution in [2.24, 2.45) is 7.05 Å². The molecule has 5 heterocycles. The van der Waals surface area contributed by atoms with Crippen LogP contribution in [0.4, 0.5) is 4.39 Å². The number of fused-ring (bicyclic) bond motifs is 1. The van der Waals surface area contributed by atoms with Gasteiger partial charge in [0, 0.05) is 45.6 Å². The Kier molecular flexibility index (Phi) is 9.15. The van der Waals surface area contributed by atoms with Crippen LogP contribution in [0.25, 0.3) is 11.2 Å². The van der Waals surface area contributed by atoms with E-state index in [4.69, 9.17) is 19.5 Å². The van der Waals surface area contributed by atoms with Crippen molar-refractivity contribution in [2.75, 3.05) is 26.3 Å². The van der Waals surface area contributed by atoms with Crippen LogP contribution in [-0.2, 0) is 24.9 Å². The van der Waals surface area contributed by atoms with E-state index in [1.165, 1.54) is 24.6 Å². The molecule has 0 amide bonds. The van der Waals surface area contributed by atoms with Crippen molar-refractivity contribution in [2.45, 2.75) is 38.5 Å². The maximum Gasteiger partial charge on any atom is 0.354 e. The highest BCUT2D eigenvalue weighted by atomic mass is 19.1. The fraction of sp³-hybridized carbons (Fsp3) is 0.379. The van der Waals surface area contributed by atoms with E-state index in [9.17, 15) is 14.3 Å². The lowest BCUT2D eigenvalue weighted by atomic mass is 10.1. The Morgan fingerprint density at radius 1 is 1.17 bits per heavy atom. The lowest BCUT2D eigenvalue weighted by Crippen LogP contribution is -2.38. The highest BCUT2D eigenvalue weighted by molar-refractivity contribution is 5.88. The number of likely N-dealkylation sites (tertiary alicyclic amines) is 1. The SMILES string of the molecule is C1COC1.Cn1c(CN2CCC(Oc3ccnc(COc4ccc(C#N)cc4F)n3)CC2)nc2ccc(C(=O)O)nc21. The fourth-order valence-corrected chi connectivity index (χ4v) is 4.42. The number of hydrogen-bond donors (Lipinski definition) is 1. The Morgan fingerprint density at radius 3 is 2.60 bits per heavy atom. The number of ether oxygens (including phenoxy) is 3. The summed E-state index contributed by atoms with van der Waals surface area (Å²) in [4.78, 5) is 30.9. The Hall–Kier alpha value is -4.67. The monoisotopic (exact) mass is 575 g/mol. The molecule has 3 aromatic heterocycles. The molecule has 0 aliphatic carbocycles. The van der Waals surface area contributed by atoms with Crippen LogP contribution in [0.5, 0.6) is 11.6 Å². The Balaban J connectivity index is 0.000000813. The van der Waals surface area contributed by atoms with Gasteiger partial charge in [0.2, 0.25) is 5.88 Å². The highest BCUT2D eigenvalue weighted by Crippen LogP contribution is 2.22. The summed E-state index contributed by atoms with van der Waals surface area (Å²) in [6.45, 7) is 4.16. The standard InChI is InChI=1S/C26H24FN7O4.C3H6O/c1-33-23(30-19-3-4-20(26(35)36)31-25(19)33)14-34-10-7-17(8-11-34)38-24-6-9-29-22(32-24)15-37-21-5-2-16(13-28)12-18(21)27;1-2-4-3-1/h2-6,9,12,17H,7-8,10-11,14-15H2,1H3,(H,35,36);1-3H2. The minimum absolute atomic E-state index is 0.00845. The number of imidazole rings is 1. The number of nitrogens with zero attached hydrogens (tertiary/aromatic N) is 7. The van der Waals surface area contributed by atoms with Gasteiger partial charge < -0.3 is 23.9 Å². The third-order valence-electron chi connectivity index (χ3n) is 6.89. The summed E-state index contributed by atoms with van der Waals surface area (Å²) in [5.41, 5.74) is 1.41. The average molecular weight is 576 g/mol. The predicted molar refractivity (Wildman–Crippen MR) is 147 cm³/mol. The van der Waals surface area contributed by atoms with Crippen LogP contribution in [0.2, 0.25) is 0 Å². The fourth-order valence-electron chi connectivity index (χ4n) is 4.42. The molecule has 0 atom stereocenters. The van der Waals surface area contributed by atoms with Crippen molar-refractivity contribution in [1.29, 1.82) is 5.26 Å². The van der Waals surface area contributed by atoms with E-state index in [1.807, 2.05) is 17.7 Å². The Morgan fingerprint density at radius 2 is 1.93 bits per heavy atom. The van der Waals surface area contributed by atoms with Crippen LogP contribution in [0.1, 0.15) is 47.0 Å². The number of benzene rings is 1. The van der Waals surface area contributed by atoms with E-state index in [0.29, 0.717) is 29.4 Å². The van der Waals surface area contributed by atoms with E-state index >= 15 is 0 Å². The zero-order valence-corrected chi connectivity index (χ0v) is 23.1. The first kappa shape index (κ1) is 28.8. The number of piperidine rings is 1. The summed E-state index contributed by atoms with van der Waals surface area (Å²) in [6, 6.07) is 10.7. The number of carboxylic acids is 1. The van der Waals surface area contributed by atoms with Crippen molar-refractivity contribution in [3.05, 3.63) is 71.3 Å². The number of nitriles is 1. The summed E-state index contributed by atoms with van der Waals surface area (Å²) in [5, 5.41) is 18.1. The van der Waals surface area contributed by atoms with Gasteiger partial charge in [0.1, 0.15) is 24.1 Å². The van der Waals surface area contributed by atoms with Crippen LogP contribution < -0.4 is 9.47 Å². The molecule has 12 nitrogen and oxygen atoms in total. The molecule has 2 aliphatic heterocycles. The van der Waals surface area contributed by atoms with E-state index in [2.05, 4.69) is 24.8 Å². The van der Waals surface area contributed by atoms with Crippen LogP contribution in [-0.4, -0.2) is 72.9 Å². The van der Waals surface area contributed by atoms with Gasteiger partial charge in [-0.2, -0.15) is 10.2 Å². The van der Waals surface area contributed by atoms with Gasteiger partial charge in [-0.25, -0.2) is 24.1 Å². The zero-order chi connectivity index (χ0) is 29.5. The molecule has 2 fully saturated rings. The first-order valence-electron chi connectivity index (χ1n) is 13.6. The Bertz CT molecular complexity index is 1590. The molecule has 1 aromatic carbocycles. The maximum absolute atomic E-state index is 14.0. The van der Waals surface area contributed by atoms with Gasteiger partial charge in [0.15, 0.2) is 28.7 Å². The molecule has 218 valence electrons. The number of pyridine rings is 1. The highest BCUT2D eigenvalue weighted by Gasteiger charge is 2.23. The van der Waals surface area contributed by atoms with Gasteiger partial charge in [0.25, 0.3) is 0 Å². The van der Waals surface area contributed by atoms with Gasteiger partial charge in [-0.1, -0.05) is 0 Å². The number of aryl methyl sites for hydroxylation is 1. The molecule has 0 bridgehead atoms. The molecule has 6 rings (SSSR count). The smallest absolute Gasteiger partial charge is 0.354 e. The van der Waals surface area contributed by atoms with Crippen molar-refractivity contribution in [1.82, 2.24) is 29.4 Å². The summed E-state index contributed by atoms with van der Waals surface area (Å²) in [6.07, 6.45) is 4.40. The van der Waals surface area contributed by atoms with E-state index in [0.717, 1.165) is 51.0 Å². The minimum atomic E-state index is -1.07. The number of aromatic nitrogens is 5. The van der Waals surface area contributed by atoms with Crippen LogP contribution in [0.3, 0.4) is 0 Å². The molecule has 4 aromatic rings. The van der Waals surface area contributed by atoms with Gasteiger partial charge in [-0.15, -0.1) is 0 Å². The second-order valence-electron chi connectivity index (χ2n) is 9.85. The van der Waals surface area contributed by atoms with Gasteiger partial charge in [-0.3, -0.25) is 4.90 Å². The van der Waals surface area contributed by atoms with Crippen molar-refractivity contribution in [3.63, 3.8) is 0 Å². The lowest BCUT2D eigenvalue weighted by Gasteiger charge is -2.31. The number of hydrogen-bond acceptors (Lipinski definition) is 10. The molecule has 42 heavy (non-hydrogen) atoms. The van der Waals surface area contributed by atoms with Crippen molar-refractivity contribution in [3.8, 4) is 17.7 Å². The Labute approximate surface area is 241 Å². The van der Waals surface area contributed by atoms with Crippen LogP contribution >= 0.6 is 0 Å². The third-order valence-corrected chi connectivity index (χ3v) is 6.89. The van der Waals surface area contributed by atoms with E-state index in [1.54, 1.807) is 18.3 Å². The third kappa shape index (κ3) is 7.15. The molecule has 0 saturated carbocycles. The summed E-state index contributed by atoms with van der Waals surface area (Å²) in [5.74, 6) is -0.0832. The van der Waals surface area contributed by atoms with Gasteiger partial charge in [-0.05, 0) is 49.6 Å². The zero-order valence-electron chi connectivity index (χ0n) is 23.1. The molecular formula is C29H30FN7O5. The molecular weight excluding hydrogens is 545 g/mol. The number of aromatic carboxylic acids is 1. The molecule has 2 saturated heterocycles. The number of rotatable bonds is 8. The average Bonchev–Trinajstić information content (AvgIpc) is 3.26.